The van der Waals surface area contributed by atoms with Crippen LogP contribution >= 0.6 is 27.5 Å². The third kappa shape index (κ3) is 4.05. The van der Waals surface area contributed by atoms with E-state index >= 15 is 0 Å². The summed E-state index contributed by atoms with van der Waals surface area (Å²) in [7, 11) is 0. The van der Waals surface area contributed by atoms with Crippen LogP contribution in [0.4, 0.5) is 5.95 Å². The van der Waals surface area contributed by atoms with Crippen molar-refractivity contribution in [2.75, 3.05) is 24.5 Å². The molecule has 0 saturated carbocycles. The number of rotatable bonds is 1. The first-order valence-corrected chi connectivity index (χ1v) is 8.60. The number of alkyl halides is 1. The maximum Gasteiger partial charge on any atom is 0.299 e. The SMILES string of the molecule is O=C(C#Cc1ccc(Br)cc1)N1CCN(c2ncccn2)C(Cl)C1. The summed E-state index contributed by atoms with van der Waals surface area (Å²) in [4.78, 5) is 24.2. The van der Waals surface area contributed by atoms with E-state index in [0.29, 0.717) is 25.6 Å². The fourth-order valence-corrected chi connectivity index (χ4v) is 2.94. The van der Waals surface area contributed by atoms with Crippen molar-refractivity contribution in [2.45, 2.75) is 5.50 Å². The van der Waals surface area contributed by atoms with Crippen LogP contribution in [-0.4, -0.2) is 45.9 Å². The van der Waals surface area contributed by atoms with E-state index in [9.17, 15) is 4.79 Å². The first kappa shape index (κ1) is 16.7. The first-order chi connectivity index (χ1) is 11.6. The Morgan fingerprint density at radius 2 is 1.92 bits per heavy atom. The predicted molar refractivity (Wildman–Crippen MR) is 96.6 cm³/mol. The summed E-state index contributed by atoms with van der Waals surface area (Å²) in [6.07, 6.45) is 3.35. The fourth-order valence-electron chi connectivity index (χ4n) is 2.33. The third-order valence-corrected chi connectivity index (χ3v) is 4.48. The van der Waals surface area contributed by atoms with Crippen molar-refractivity contribution in [3.63, 3.8) is 0 Å². The van der Waals surface area contributed by atoms with Crippen molar-refractivity contribution in [1.82, 2.24) is 14.9 Å². The number of benzene rings is 1. The minimum absolute atomic E-state index is 0.225. The van der Waals surface area contributed by atoms with E-state index in [2.05, 4.69) is 37.7 Å². The highest BCUT2D eigenvalue weighted by Crippen LogP contribution is 2.18. The van der Waals surface area contributed by atoms with E-state index in [1.807, 2.05) is 29.2 Å². The van der Waals surface area contributed by atoms with Crippen molar-refractivity contribution in [2.24, 2.45) is 0 Å². The van der Waals surface area contributed by atoms with Crippen LogP contribution < -0.4 is 4.90 Å². The second-order valence-electron chi connectivity index (χ2n) is 5.18. The van der Waals surface area contributed by atoms with Crippen LogP contribution in [0.3, 0.4) is 0 Å². The molecule has 0 spiro atoms. The van der Waals surface area contributed by atoms with E-state index in [-0.39, 0.29) is 11.4 Å². The van der Waals surface area contributed by atoms with Crippen molar-refractivity contribution in [3.8, 4) is 11.8 Å². The van der Waals surface area contributed by atoms with Gasteiger partial charge in [0.2, 0.25) is 5.95 Å². The number of aromatic nitrogens is 2. The van der Waals surface area contributed by atoms with E-state index in [1.165, 1.54) is 0 Å². The summed E-state index contributed by atoms with van der Waals surface area (Å²) in [5, 5.41) is 0. The highest BCUT2D eigenvalue weighted by Gasteiger charge is 2.28. The molecular formula is C17H14BrClN4O. The van der Waals surface area contributed by atoms with Crippen LogP contribution in [0.25, 0.3) is 0 Å². The third-order valence-electron chi connectivity index (χ3n) is 3.57. The molecular weight excluding hydrogens is 392 g/mol. The second kappa shape index (κ2) is 7.65. The minimum Gasteiger partial charge on any atom is -0.327 e. The number of amides is 1. The van der Waals surface area contributed by atoms with Gasteiger partial charge in [-0.3, -0.25) is 4.79 Å². The van der Waals surface area contributed by atoms with E-state index < -0.39 is 0 Å². The number of hydrogen-bond donors (Lipinski definition) is 0. The molecule has 1 atom stereocenters. The van der Waals surface area contributed by atoms with Gasteiger partial charge in [-0.05, 0) is 30.3 Å². The Morgan fingerprint density at radius 1 is 1.21 bits per heavy atom. The van der Waals surface area contributed by atoms with Crippen molar-refractivity contribution < 1.29 is 4.79 Å². The second-order valence-corrected chi connectivity index (χ2v) is 6.60. The number of piperazine rings is 1. The molecule has 1 aliphatic heterocycles. The molecule has 0 bridgehead atoms. The molecule has 0 aliphatic carbocycles. The molecule has 1 saturated heterocycles. The zero-order valence-corrected chi connectivity index (χ0v) is 15.0. The lowest BCUT2D eigenvalue weighted by Gasteiger charge is -2.37. The summed E-state index contributed by atoms with van der Waals surface area (Å²) < 4.78 is 0.976. The average Bonchev–Trinajstić information content (AvgIpc) is 2.61. The van der Waals surface area contributed by atoms with Crippen LogP contribution in [0.15, 0.2) is 47.2 Å². The Labute approximate surface area is 153 Å². The summed E-state index contributed by atoms with van der Waals surface area (Å²) in [5.74, 6) is 5.91. The van der Waals surface area contributed by atoms with Gasteiger partial charge in [-0.15, -0.1) is 0 Å². The number of anilines is 1. The molecule has 1 aliphatic rings. The summed E-state index contributed by atoms with van der Waals surface area (Å²) in [6, 6.07) is 9.26. The number of halogens is 2. The zero-order chi connectivity index (χ0) is 16.9. The maximum absolute atomic E-state index is 12.3. The van der Waals surface area contributed by atoms with Crippen LogP contribution in [0, 0.1) is 11.8 Å². The van der Waals surface area contributed by atoms with Gasteiger partial charge in [0.25, 0.3) is 5.91 Å². The average molecular weight is 406 g/mol. The smallest absolute Gasteiger partial charge is 0.299 e. The van der Waals surface area contributed by atoms with Gasteiger partial charge in [-0.2, -0.15) is 0 Å². The minimum atomic E-state index is -0.375. The highest BCUT2D eigenvalue weighted by molar-refractivity contribution is 9.10. The molecule has 2 heterocycles. The summed E-state index contributed by atoms with van der Waals surface area (Å²) in [6.45, 7) is 1.49. The van der Waals surface area contributed by atoms with Gasteiger partial charge in [0.05, 0.1) is 6.54 Å². The van der Waals surface area contributed by atoms with Crippen molar-refractivity contribution in [1.29, 1.82) is 0 Å². The lowest BCUT2D eigenvalue weighted by molar-refractivity contribution is -0.125. The van der Waals surface area contributed by atoms with Gasteiger partial charge in [0, 0.05) is 41.4 Å². The highest BCUT2D eigenvalue weighted by atomic mass is 79.9. The molecule has 1 unspecified atom stereocenters. The number of carbonyl (C=O) groups excluding carboxylic acids is 1. The van der Waals surface area contributed by atoms with Crippen molar-refractivity contribution in [3.05, 3.63) is 52.8 Å². The molecule has 0 N–H and O–H groups in total. The number of nitrogens with zero attached hydrogens (tertiary/aromatic N) is 4. The van der Waals surface area contributed by atoms with Crippen molar-refractivity contribution >= 4 is 39.4 Å². The Bertz CT molecular complexity index is 773. The Kier molecular flexibility index (Phi) is 5.34. The fraction of sp³-hybridized carbons (Fsp3) is 0.235. The Balaban J connectivity index is 1.63. The zero-order valence-electron chi connectivity index (χ0n) is 12.7. The largest absolute Gasteiger partial charge is 0.327 e. The van der Waals surface area contributed by atoms with Crippen LogP contribution in [0.1, 0.15) is 5.56 Å². The van der Waals surface area contributed by atoms with E-state index in [0.717, 1.165) is 10.0 Å². The Hall–Kier alpha value is -2.10. The predicted octanol–water partition coefficient (Wildman–Crippen LogP) is 2.50. The Morgan fingerprint density at radius 3 is 2.58 bits per heavy atom. The van der Waals surface area contributed by atoms with Gasteiger partial charge in [-0.1, -0.05) is 33.5 Å². The van der Waals surface area contributed by atoms with Crippen LogP contribution in [0.2, 0.25) is 0 Å². The topological polar surface area (TPSA) is 49.3 Å². The molecule has 1 amide bonds. The van der Waals surface area contributed by atoms with Gasteiger partial charge in [0.1, 0.15) is 5.50 Å². The molecule has 7 heteroatoms. The van der Waals surface area contributed by atoms with E-state index in [4.69, 9.17) is 11.6 Å². The molecule has 1 aromatic heterocycles. The molecule has 1 aromatic carbocycles. The molecule has 5 nitrogen and oxygen atoms in total. The van der Waals surface area contributed by atoms with E-state index in [1.54, 1.807) is 23.4 Å². The first-order valence-electron chi connectivity index (χ1n) is 7.38. The molecule has 24 heavy (non-hydrogen) atoms. The van der Waals surface area contributed by atoms with Gasteiger partial charge in [-0.25, -0.2) is 9.97 Å². The molecule has 3 rings (SSSR count). The quantitative estimate of drug-likeness (QED) is 0.415. The number of carbonyl (C=O) groups is 1. The van der Waals surface area contributed by atoms with Gasteiger partial charge < -0.3 is 9.80 Å². The monoisotopic (exact) mass is 404 g/mol. The van der Waals surface area contributed by atoms with Gasteiger partial charge >= 0.3 is 0 Å². The lowest BCUT2D eigenvalue weighted by atomic mass is 10.2. The standard InChI is InChI=1S/C17H14BrClN4O/c18-14-5-2-13(3-6-14)4-7-16(24)22-10-11-23(15(19)12-22)17-20-8-1-9-21-17/h1-3,5-6,8-9,15H,10-12H2. The lowest BCUT2D eigenvalue weighted by Crippen LogP contribution is -2.53. The summed E-state index contributed by atoms with van der Waals surface area (Å²) >= 11 is 9.76. The maximum atomic E-state index is 12.3. The van der Waals surface area contributed by atoms with Crippen LogP contribution in [0.5, 0.6) is 0 Å². The van der Waals surface area contributed by atoms with Crippen LogP contribution in [-0.2, 0) is 4.79 Å². The molecule has 2 aromatic rings. The molecule has 122 valence electrons. The summed E-state index contributed by atoms with van der Waals surface area (Å²) in [5.41, 5.74) is 0.421. The molecule has 1 fully saturated rings. The van der Waals surface area contributed by atoms with Gasteiger partial charge in [0.15, 0.2) is 0 Å². The number of hydrogen-bond acceptors (Lipinski definition) is 4. The normalized spacial score (nSPS) is 17.2. The molecule has 0 radical (unpaired) electrons.